The minimum absolute atomic E-state index is 0.0551. The largest absolute Gasteiger partial charge is 0.282 e. The van der Waals surface area contributed by atoms with Crippen molar-refractivity contribution in [3.63, 3.8) is 0 Å². The predicted molar refractivity (Wildman–Crippen MR) is 58.1 cm³/mol. The Morgan fingerprint density at radius 2 is 2.33 bits per heavy atom. The minimum atomic E-state index is -3.38. The fourth-order valence-corrected chi connectivity index (χ4v) is 1.69. The van der Waals surface area contributed by atoms with Gasteiger partial charge in [-0.3, -0.25) is 4.72 Å². The molecule has 0 unspecified atom stereocenters. The quantitative estimate of drug-likeness (QED) is 0.880. The molecule has 0 saturated heterocycles. The number of hydrogen-bond donors (Lipinski definition) is 1. The van der Waals surface area contributed by atoms with Crippen molar-refractivity contribution in [3.8, 4) is 6.07 Å². The molecule has 1 aromatic carbocycles. The number of halogens is 1. The van der Waals surface area contributed by atoms with Crippen LogP contribution < -0.4 is 4.72 Å². The molecule has 1 rings (SSSR count). The minimum Gasteiger partial charge on any atom is -0.282 e. The zero-order chi connectivity index (χ0) is 11.5. The second-order valence-corrected chi connectivity index (χ2v) is 5.14. The fraction of sp³-hybridized carbons (Fsp3) is 0.222. The number of rotatable bonds is 3. The average molecular weight is 244 g/mol. The molecule has 0 heterocycles. The molecule has 15 heavy (non-hydrogen) atoms. The van der Waals surface area contributed by atoms with Gasteiger partial charge in [-0.1, -0.05) is 11.6 Å². The average Bonchev–Trinajstić information content (AvgIpc) is 2.20. The summed E-state index contributed by atoms with van der Waals surface area (Å²) in [6.07, 6.45) is 0. The zero-order valence-corrected chi connectivity index (χ0v) is 9.48. The van der Waals surface area contributed by atoms with E-state index in [-0.39, 0.29) is 22.0 Å². The molecule has 79 valence electrons. The van der Waals surface area contributed by atoms with Gasteiger partial charge in [-0.2, -0.15) is 5.26 Å². The molecule has 6 heteroatoms. The van der Waals surface area contributed by atoms with E-state index in [1.54, 1.807) is 0 Å². The molecule has 0 saturated carbocycles. The molecule has 1 aromatic rings. The first-order valence-corrected chi connectivity index (χ1v) is 6.13. The summed E-state index contributed by atoms with van der Waals surface area (Å²) in [7, 11) is -3.38. The Bertz CT molecular complexity index is 505. The van der Waals surface area contributed by atoms with Crippen LogP contribution in [0.3, 0.4) is 0 Å². The lowest BCUT2D eigenvalue weighted by atomic mass is 10.2. The number of sulfonamides is 1. The highest BCUT2D eigenvalue weighted by Gasteiger charge is 2.10. The number of hydrogen-bond acceptors (Lipinski definition) is 3. The van der Waals surface area contributed by atoms with Gasteiger partial charge in [0.05, 0.1) is 17.0 Å². The maximum atomic E-state index is 11.3. The molecular formula is C9H8ClN2O2S. The maximum absolute atomic E-state index is 11.3. The third-order valence-electron chi connectivity index (χ3n) is 1.68. The summed E-state index contributed by atoms with van der Waals surface area (Å²) in [5.74, 6) is -0.0551. The summed E-state index contributed by atoms with van der Waals surface area (Å²) in [6.45, 7) is 1.51. The number of benzene rings is 1. The van der Waals surface area contributed by atoms with Crippen LogP contribution in [0.4, 0.5) is 5.69 Å². The van der Waals surface area contributed by atoms with E-state index >= 15 is 0 Å². The number of nitrogens with one attached hydrogen (secondary N) is 1. The van der Waals surface area contributed by atoms with Crippen LogP contribution in [-0.4, -0.2) is 14.2 Å². The van der Waals surface area contributed by atoms with Crippen molar-refractivity contribution < 1.29 is 8.42 Å². The molecule has 0 fully saturated rings. The highest BCUT2D eigenvalue weighted by molar-refractivity contribution is 7.92. The van der Waals surface area contributed by atoms with Gasteiger partial charge in [0.25, 0.3) is 0 Å². The van der Waals surface area contributed by atoms with Crippen LogP contribution in [0.2, 0.25) is 5.02 Å². The van der Waals surface area contributed by atoms with Gasteiger partial charge in [0, 0.05) is 11.1 Å². The first-order chi connectivity index (χ1) is 6.98. The van der Waals surface area contributed by atoms with Gasteiger partial charge in [0.15, 0.2) is 0 Å². The van der Waals surface area contributed by atoms with Crippen LogP contribution >= 0.6 is 11.6 Å². The Morgan fingerprint density at radius 3 is 2.87 bits per heavy atom. The normalized spacial score (nSPS) is 10.7. The van der Waals surface area contributed by atoms with E-state index in [0.29, 0.717) is 0 Å². The highest BCUT2D eigenvalue weighted by atomic mass is 35.5. The molecule has 0 bridgehead atoms. The van der Waals surface area contributed by atoms with Gasteiger partial charge in [-0.05, 0) is 19.1 Å². The van der Waals surface area contributed by atoms with Gasteiger partial charge in [0.1, 0.15) is 6.07 Å². The highest BCUT2D eigenvalue weighted by Crippen LogP contribution is 2.20. The Kier molecular flexibility index (Phi) is 3.56. The molecule has 0 amide bonds. The van der Waals surface area contributed by atoms with Crippen molar-refractivity contribution in [2.45, 2.75) is 6.92 Å². The van der Waals surface area contributed by atoms with Gasteiger partial charge in [-0.25, -0.2) is 8.42 Å². The summed E-state index contributed by atoms with van der Waals surface area (Å²) in [5.41, 5.74) is 0.375. The first-order valence-electron chi connectivity index (χ1n) is 4.10. The van der Waals surface area contributed by atoms with Crippen LogP contribution in [0, 0.1) is 17.4 Å². The van der Waals surface area contributed by atoms with Crippen LogP contribution in [0.5, 0.6) is 0 Å². The first kappa shape index (κ1) is 11.8. The second kappa shape index (κ2) is 4.51. The van der Waals surface area contributed by atoms with Gasteiger partial charge >= 0.3 is 0 Å². The van der Waals surface area contributed by atoms with Crippen LogP contribution in [0.25, 0.3) is 0 Å². The van der Waals surface area contributed by atoms with Crippen molar-refractivity contribution in [1.29, 1.82) is 5.26 Å². The monoisotopic (exact) mass is 243 g/mol. The van der Waals surface area contributed by atoms with Crippen LogP contribution in [0.1, 0.15) is 12.5 Å². The van der Waals surface area contributed by atoms with Gasteiger partial charge in [0.2, 0.25) is 10.0 Å². The molecule has 0 aromatic heterocycles. The van der Waals surface area contributed by atoms with Crippen molar-refractivity contribution >= 4 is 27.3 Å². The zero-order valence-electron chi connectivity index (χ0n) is 7.91. The Hall–Kier alpha value is -1.25. The second-order valence-electron chi connectivity index (χ2n) is 2.73. The van der Waals surface area contributed by atoms with Crippen LogP contribution in [0.15, 0.2) is 12.1 Å². The van der Waals surface area contributed by atoms with Crippen molar-refractivity contribution in [3.05, 3.63) is 28.8 Å². The van der Waals surface area contributed by atoms with Crippen LogP contribution in [-0.2, 0) is 10.0 Å². The Balaban J connectivity index is 3.12. The summed E-state index contributed by atoms with van der Waals surface area (Å²) < 4.78 is 24.8. The van der Waals surface area contributed by atoms with Gasteiger partial charge in [-0.15, -0.1) is 0 Å². The summed E-state index contributed by atoms with van der Waals surface area (Å²) >= 11 is 5.62. The van der Waals surface area contributed by atoms with E-state index in [1.807, 2.05) is 6.07 Å². The third kappa shape index (κ3) is 3.11. The maximum Gasteiger partial charge on any atom is 0.232 e. The van der Waals surface area contributed by atoms with Gasteiger partial charge < -0.3 is 0 Å². The van der Waals surface area contributed by atoms with E-state index in [2.05, 4.69) is 10.8 Å². The van der Waals surface area contributed by atoms with E-state index < -0.39 is 10.0 Å². The van der Waals surface area contributed by atoms with Crippen molar-refractivity contribution in [2.24, 2.45) is 0 Å². The smallest absolute Gasteiger partial charge is 0.232 e. The third-order valence-corrected chi connectivity index (χ3v) is 3.19. The Morgan fingerprint density at radius 1 is 1.67 bits per heavy atom. The van der Waals surface area contributed by atoms with E-state index in [1.165, 1.54) is 19.1 Å². The van der Waals surface area contributed by atoms with E-state index in [0.717, 1.165) is 0 Å². The molecule has 0 aliphatic heterocycles. The molecule has 0 spiro atoms. The standard InChI is InChI=1S/C9H8ClN2O2S/c1-2-15(13,14)12-9-4-3-8(10)5-7(9)6-11/h4-5,12H,2H2,1H3. The summed E-state index contributed by atoms with van der Waals surface area (Å²) in [4.78, 5) is 0. The lowest BCUT2D eigenvalue weighted by molar-refractivity contribution is 0.602. The van der Waals surface area contributed by atoms with Crippen molar-refractivity contribution in [1.82, 2.24) is 0 Å². The fourth-order valence-electron chi connectivity index (χ4n) is 0.882. The number of nitriles is 1. The predicted octanol–water partition coefficient (Wildman–Crippen LogP) is 1.77. The summed E-state index contributed by atoms with van der Waals surface area (Å²) in [6, 6.07) is 7.16. The molecule has 4 nitrogen and oxygen atoms in total. The molecule has 1 radical (unpaired) electrons. The molecule has 0 aliphatic carbocycles. The molecular weight excluding hydrogens is 236 g/mol. The molecule has 1 N–H and O–H groups in total. The Labute approximate surface area is 93.5 Å². The SMILES string of the molecule is CCS(=O)(=O)Nc1c[c]c(Cl)cc1C#N. The number of anilines is 1. The molecule has 0 atom stereocenters. The lowest BCUT2D eigenvalue weighted by Gasteiger charge is -2.07. The van der Waals surface area contributed by atoms with E-state index in [4.69, 9.17) is 16.9 Å². The molecule has 0 aliphatic rings. The number of nitrogens with zero attached hydrogens (tertiary/aromatic N) is 1. The topological polar surface area (TPSA) is 70.0 Å². The lowest BCUT2D eigenvalue weighted by Crippen LogP contribution is -2.15. The summed E-state index contributed by atoms with van der Waals surface area (Å²) in [5, 5.41) is 9.02. The van der Waals surface area contributed by atoms with E-state index in [9.17, 15) is 8.42 Å². The van der Waals surface area contributed by atoms with Crippen molar-refractivity contribution in [2.75, 3.05) is 10.5 Å².